The van der Waals surface area contributed by atoms with Crippen molar-refractivity contribution in [1.82, 2.24) is 10.2 Å². The second-order valence-corrected chi connectivity index (χ2v) is 6.16. The van der Waals surface area contributed by atoms with Crippen molar-refractivity contribution in [2.75, 3.05) is 13.7 Å². The van der Waals surface area contributed by atoms with Crippen LogP contribution >= 0.6 is 0 Å². The summed E-state index contributed by atoms with van der Waals surface area (Å²) in [5, 5.41) is 3.07. The first kappa shape index (κ1) is 16.5. The van der Waals surface area contributed by atoms with Crippen LogP contribution in [0.2, 0.25) is 0 Å². The first-order chi connectivity index (χ1) is 11.7. The highest BCUT2D eigenvalue weighted by Crippen LogP contribution is 2.22. The molecule has 1 heterocycles. The van der Waals surface area contributed by atoms with Crippen molar-refractivity contribution in [1.29, 1.82) is 0 Å². The molecule has 2 aromatic carbocycles. The average molecular weight is 324 g/mol. The molecule has 0 bridgehead atoms. The van der Waals surface area contributed by atoms with Crippen LogP contribution in [-0.4, -0.2) is 30.5 Å². The van der Waals surface area contributed by atoms with Gasteiger partial charge in [-0.1, -0.05) is 42.5 Å². The van der Waals surface area contributed by atoms with Crippen molar-refractivity contribution < 1.29 is 9.53 Å². The standard InChI is InChI=1S/C20H24N2O2/c1-3-24-19-11-7-6-9-16(19)13-21-20(23)18-12-15-8-4-5-10-17(15)14-22(18)2/h4-11,18H,3,12-14H2,1-2H3,(H,21,23). The minimum Gasteiger partial charge on any atom is -0.494 e. The molecule has 4 heteroatoms. The summed E-state index contributed by atoms with van der Waals surface area (Å²) in [5.41, 5.74) is 3.59. The Balaban J connectivity index is 1.66. The number of rotatable bonds is 5. The number of amides is 1. The Morgan fingerprint density at radius 1 is 1.17 bits per heavy atom. The molecule has 0 aliphatic carbocycles. The molecule has 1 aliphatic heterocycles. The van der Waals surface area contributed by atoms with E-state index in [1.165, 1.54) is 11.1 Å². The van der Waals surface area contributed by atoms with Crippen LogP contribution < -0.4 is 10.1 Å². The minimum absolute atomic E-state index is 0.0679. The maximum absolute atomic E-state index is 12.7. The van der Waals surface area contributed by atoms with Crippen molar-refractivity contribution in [2.45, 2.75) is 32.5 Å². The van der Waals surface area contributed by atoms with E-state index in [0.717, 1.165) is 24.3 Å². The van der Waals surface area contributed by atoms with E-state index in [9.17, 15) is 4.79 Å². The van der Waals surface area contributed by atoms with Crippen LogP contribution in [-0.2, 0) is 24.3 Å². The Bertz CT molecular complexity index is 714. The van der Waals surface area contributed by atoms with Gasteiger partial charge in [0, 0.05) is 18.7 Å². The van der Waals surface area contributed by atoms with E-state index >= 15 is 0 Å². The van der Waals surface area contributed by atoms with Gasteiger partial charge in [-0.3, -0.25) is 9.69 Å². The number of benzene rings is 2. The SMILES string of the molecule is CCOc1ccccc1CNC(=O)C1Cc2ccccc2CN1C. The molecule has 1 atom stereocenters. The van der Waals surface area contributed by atoms with E-state index in [0.29, 0.717) is 13.2 Å². The summed E-state index contributed by atoms with van der Waals surface area (Å²) in [4.78, 5) is 14.8. The Morgan fingerprint density at radius 2 is 1.88 bits per heavy atom. The van der Waals surface area contributed by atoms with Crippen molar-refractivity contribution in [3.05, 3.63) is 65.2 Å². The molecule has 1 unspecified atom stereocenters. The molecule has 1 aliphatic rings. The topological polar surface area (TPSA) is 41.6 Å². The number of likely N-dealkylation sites (N-methyl/N-ethyl adjacent to an activating group) is 1. The number of ether oxygens (including phenoxy) is 1. The number of hydrogen-bond acceptors (Lipinski definition) is 3. The zero-order valence-corrected chi connectivity index (χ0v) is 14.3. The monoisotopic (exact) mass is 324 g/mol. The van der Waals surface area contributed by atoms with Gasteiger partial charge in [-0.2, -0.15) is 0 Å². The Labute approximate surface area is 143 Å². The third-order valence-electron chi connectivity index (χ3n) is 4.51. The maximum atomic E-state index is 12.7. The summed E-state index contributed by atoms with van der Waals surface area (Å²) in [7, 11) is 2.01. The van der Waals surface area contributed by atoms with Crippen LogP contribution in [0.3, 0.4) is 0 Å². The lowest BCUT2D eigenvalue weighted by atomic mass is 9.94. The summed E-state index contributed by atoms with van der Waals surface area (Å²) in [6.07, 6.45) is 0.756. The largest absolute Gasteiger partial charge is 0.494 e. The van der Waals surface area contributed by atoms with Gasteiger partial charge in [0.2, 0.25) is 5.91 Å². The normalized spacial score (nSPS) is 17.2. The van der Waals surface area contributed by atoms with Crippen LogP contribution in [0.25, 0.3) is 0 Å². The van der Waals surface area contributed by atoms with Crippen LogP contribution in [0.15, 0.2) is 48.5 Å². The predicted molar refractivity (Wildman–Crippen MR) is 94.9 cm³/mol. The fourth-order valence-electron chi connectivity index (χ4n) is 3.19. The molecule has 3 rings (SSSR count). The van der Waals surface area contributed by atoms with Gasteiger partial charge in [-0.15, -0.1) is 0 Å². The molecule has 1 amide bonds. The lowest BCUT2D eigenvalue weighted by molar-refractivity contribution is -0.126. The van der Waals surface area contributed by atoms with Gasteiger partial charge in [0.15, 0.2) is 0 Å². The molecule has 0 saturated carbocycles. The lowest BCUT2D eigenvalue weighted by Crippen LogP contribution is -2.48. The van der Waals surface area contributed by atoms with E-state index in [1.807, 2.05) is 44.3 Å². The van der Waals surface area contributed by atoms with E-state index in [4.69, 9.17) is 4.74 Å². The molecule has 4 nitrogen and oxygen atoms in total. The number of nitrogens with one attached hydrogen (secondary N) is 1. The highest BCUT2D eigenvalue weighted by Gasteiger charge is 2.28. The first-order valence-electron chi connectivity index (χ1n) is 8.44. The third kappa shape index (κ3) is 3.60. The summed E-state index contributed by atoms with van der Waals surface area (Å²) < 4.78 is 5.62. The van der Waals surface area contributed by atoms with E-state index < -0.39 is 0 Å². The minimum atomic E-state index is -0.126. The summed E-state index contributed by atoms with van der Waals surface area (Å²) in [5.74, 6) is 0.904. The van der Waals surface area contributed by atoms with Gasteiger partial charge in [0.05, 0.1) is 12.6 Å². The second-order valence-electron chi connectivity index (χ2n) is 6.16. The second kappa shape index (κ2) is 7.49. The molecular weight excluding hydrogens is 300 g/mol. The van der Waals surface area contributed by atoms with Gasteiger partial charge in [0.1, 0.15) is 5.75 Å². The molecule has 0 radical (unpaired) electrons. The number of hydrogen-bond donors (Lipinski definition) is 1. The van der Waals surface area contributed by atoms with Crippen molar-refractivity contribution in [2.24, 2.45) is 0 Å². The Hall–Kier alpha value is -2.33. The maximum Gasteiger partial charge on any atom is 0.237 e. The third-order valence-corrected chi connectivity index (χ3v) is 4.51. The highest BCUT2D eigenvalue weighted by atomic mass is 16.5. The van der Waals surface area contributed by atoms with Crippen molar-refractivity contribution in [3.8, 4) is 5.75 Å². The molecule has 24 heavy (non-hydrogen) atoms. The number of carbonyl (C=O) groups excluding carboxylic acids is 1. The molecule has 0 saturated heterocycles. The average Bonchev–Trinajstić information content (AvgIpc) is 2.60. The zero-order chi connectivity index (χ0) is 16.9. The number of para-hydroxylation sites is 1. The molecular formula is C20H24N2O2. The Morgan fingerprint density at radius 3 is 2.67 bits per heavy atom. The van der Waals surface area contributed by atoms with Gasteiger partial charge in [0.25, 0.3) is 0 Å². The first-order valence-corrected chi connectivity index (χ1v) is 8.44. The zero-order valence-electron chi connectivity index (χ0n) is 14.3. The molecule has 1 N–H and O–H groups in total. The van der Waals surface area contributed by atoms with Crippen LogP contribution in [0.4, 0.5) is 0 Å². The number of fused-ring (bicyclic) bond motifs is 1. The van der Waals surface area contributed by atoms with E-state index in [-0.39, 0.29) is 11.9 Å². The van der Waals surface area contributed by atoms with Crippen molar-refractivity contribution >= 4 is 5.91 Å². The molecule has 0 fully saturated rings. The van der Waals surface area contributed by atoms with Crippen LogP contribution in [0.1, 0.15) is 23.6 Å². The van der Waals surface area contributed by atoms with Crippen LogP contribution in [0, 0.1) is 0 Å². The van der Waals surface area contributed by atoms with Gasteiger partial charge in [-0.25, -0.2) is 0 Å². The summed E-state index contributed by atoms with van der Waals surface area (Å²) in [6.45, 7) is 3.88. The fraction of sp³-hybridized carbons (Fsp3) is 0.350. The van der Waals surface area contributed by atoms with E-state index in [1.54, 1.807) is 0 Å². The van der Waals surface area contributed by atoms with Gasteiger partial charge < -0.3 is 10.1 Å². The lowest BCUT2D eigenvalue weighted by Gasteiger charge is -2.33. The summed E-state index contributed by atoms with van der Waals surface area (Å²) in [6, 6.07) is 16.1. The van der Waals surface area contributed by atoms with E-state index in [2.05, 4.69) is 28.4 Å². The molecule has 0 aromatic heterocycles. The van der Waals surface area contributed by atoms with Crippen LogP contribution in [0.5, 0.6) is 5.75 Å². The highest BCUT2D eigenvalue weighted by molar-refractivity contribution is 5.82. The predicted octanol–water partition coefficient (Wildman–Crippen LogP) is 2.76. The Kier molecular flexibility index (Phi) is 5.16. The summed E-state index contributed by atoms with van der Waals surface area (Å²) >= 11 is 0. The fourth-order valence-corrected chi connectivity index (χ4v) is 3.19. The smallest absolute Gasteiger partial charge is 0.237 e. The number of nitrogens with zero attached hydrogens (tertiary/aromatic N) is 1. The van der Waals surface area contributed by atoms with Crippen molar-refractivity contribution in [3.63, 3.8) is 0 Å². The molecule has 126 valence electrons. The quantitative estimate of drug-likeness (QED) is 0.919. The number of carbonyl (C=O) groups is 1. The van der Waals surface area contributed by atoms with Gasteiger partial charge in [-0.05, 0) is 37.6 Å². The molecule has 2 aromatic rings. The van der Waals surface area contributed by atoms with Gasteiger partial charge >= 0.3 is 0 Å². The molecule has 0 spiro atoms.